The molecule has 0 saturated heterocycles. The zero-order chi connectivity index (χ0) is 13.9. The molecule has 19 heavy (non-hydrogen) atoms. The Morgan fingerprint density at radius 2 is 2.21 bits per heavy atom. The maximum absolute atomic E-state index is 9.09. The van der Waals surface area contributed by atoms with Crippen molar-refractivity contribution in [3.8, 4) is 11.8 Å². The maximum Gasteiger partial charge on any atom is 0.133 e. The van der Waals surface area contributed by atoms with Crippen LogP contribution in [-0.4, -0.2) is 32.1 Å². The van der Waals surface area contributed by atoms with Crippen molar-refractivity contribution >= 4 is 15.9 Å². The molecule has 0 spiro atoms. The summed E-state index contributed by atoms with van der Waals surface area (Å²) in [6.07, 6.45) is 3.10. The van der Waals surface area contributed by atoms with E-state index in [1.54, 1.807) is 7.11 Å². The van der Waals surface area contributed by atoms with Gasteiger partial charge < -0.3 is 9.64 Å². The summed E-state index contributed by atoms with van der Waals surface area (Å²) in [6, 6.07) is 8.62. The molecule has 0 unspecified atom stereocenters. The first-order valence-electron chi connectivity index (χ1n) is 6.51. The number of hydrogen-bond acceptors (Lipinski definition) is 3. The number of methoxy groups -OCH3 is 1. The second-order valence-electron chi connectivity index (χ2n) is 5.35. The molecule has 0 radical (unpaired) electrons. The number of nitrogens with zero attached hydrogens (tertiary/aromatic N) is 2. The molecule has 1 aliphatic rings. The monoisotopic (exact) mass is 322 g/mol. The van der Waals surface area contributed by atoms with E-state index in [9.17, 15) is 0 Å². The molecule has 4 heteroatoms. The summed E-state index contributed by atoms with van der Waals surface area (Å²) >= 11 is 3.50. The van der Waals surface area contributed by atoms with Crippen molar-refractivity contribution in [3.63, 3.8) is 0 Å². The quantitative estimate of drug-likeness (QED) is 0.806. The Labute approximate surface area is 123 Å². The summed E-state index contributed by atoms with van der Waals surface area (Å²) < 4.78 is 6.21. The Balaban J connectivity index is 1.85. The van der Waals surface area contributed by atoms with Crippen molar-refractivity contribution in [2.24, 2.45) is 5.41 Å². The van der Waals surface area contributed by atoms with E-state index in [0.29, 0.717) is 0 Å². The molecule has 1 aromatic carbocycles. The zero-order valence-corrected chi connectivity index (χ0v) is 13.0. The van der Waals surface area contributed by atoms with E-state index < -0.39 is 0 Å². The van der Waals surface area contributed by atoms with Gasteiger partial charge in [-0.05, 0) is 59.9 Å². The van der Waals surface area contributed by atoms with Gasteiger partial charge in [-0.3, -0.25) is 0 Å². The highest BCUT2D eigenvalue weighted by Gasteiger charge is 2.43. The topological polar surface area (TPSA) is 36.3 Å². The van der Waals surface area contributed by atoms with E-state index in [0.717, 1.165) is 42.6 Å². The third-order valence-electron chi connectivity index (χ3n) is 3.66. The van der Waals surface area contributed by atoms with Gasteiger partial charge in [-0.15, -0.1) is 0 Å². The lowest BCUT2D eigenvalue weighted by Gasteiger charge is -2.19. The summed E-state index contributed by atoms with van der Waals surface area (Å²) in [6.45, 7) is 1.86. The first kappa shape index (κ1) is 14.4. The number of rotatable bonds is 6. The molecule has 2 rings (SSSR count). The lowest BCUT2D eigenvalue weighted by atomic mass is 10.1. The van der Waals surface area contributed by atoms with Crippen LogP contribution in [0.15, 0.2) is 22.7 Å². The Morgan fingerprint density at radius 3 is 2.74 bits per heavy atom. The third kappa shape index (κ3) is 3.71. The highest BCUT2D eigenvalue weighted by molar-refractivity contribution is 9.10. The van der Waals surface area contributed by atoms with Gasteiger partial charge in [0.1, 0.15) is 5.75 Å². The summed E-state index contributed by atoms with van der Waals surface area (Å²) in [7, 11) is 3.76. The fourth-order valence-corrected chi connectivity index (χ4v) is 2.83. The number of halogens is 1. The lowest BCUT2D eigenvalue weighted by Crippen LogP contribution is -2.28. The smallest absolute Gasteiger partial charge is 0.133 e. The van der Waals surface area contributed by atoms with Gasteiger partial charge in [0.25, 0.3) is 0 Å². The average molecular weight is 323 g/mol. The molecule has 0 bridgehead atoms. The predicted molar refractivity (Wildman–Crippen MR) is 79.2 cm³/mol. The van der Waals surface area contributed by atoms with Crippen molar-refractivity contribution < 1.29 is 4.74 Å². The first-order chi connectivity index (χ1) is 9.08. The van der Waals surface area contributed by atoms with Gasteiger partial charge >= 0.3 is 0 Å². The molecule has 0 heterocycles. The van der Waals surface area contributed by atoms with Crippen molar-refractivity contribution in [2.45, 2.75) is 19.3 Å². The molecule has 0 atom stereocenters. The van der Waals surface area contributed by atoms with E-state index in [1.165, 1.54) is 5.56 Å². The highest BCUT2D eigenvalue weighted by atomic mass is 79.9. The Kier molecular flexibility index (Phi) is 4.49. The van der Waals surface area contributed by atoms with Crippen LogP contribution in [0.1, 0.15) is 18.4 Å². The molecular weight excluding hydrogens is 304 g/mol. The van der Waals surface area contributed by atoms with Gasteiger partial charge in [0, 0.05) is 13.1 Å². The van der Waals surface area contributed by atoms with Crippen LogP contribution in [0.3, 0.4) is 0 Å². The van der Waals surface area contributed by atoms with Crippen LogP contribution in [0.25, 0.3) is 0 Å². The van der Waals surface area contributed by atoms with Crippen molar-refractivity contribution in [1.82, 2.24) is 4.90 Å². The van der Waals surface area contributed by atoms with E-state index in [1.807, 2.05) is 6.07 Å². The molecule has 0 N–H and O–H groups in total. The summed E-state index contributed by atoms with van der Waals surface area (Å²) in [5, 5.41) is 9.09. The number of nitriles is 1. The molecular formula is C15H19BrN2O. The van der Waals surface area contributed by atoms with Crippen molar-refractivity contribution in [3.05, 3.63) is 28.2 Å². The largest absolute Gasteiger partial charge is 0.496 e. The summed E-state index contributed by atoms with van der Waals surface area (Å²) in [5.74, 6) is 0.860. The molecule has 0 aromatic heterocycles. The van der Waals surface area contributed by atoms with Crippen molar-refractivity contribution in [1.29, 1.82) is 5.26 Å². The summed E-state index contributed by atoms with van der Waals surface area (Å²) in [4.78, 5) is 2.26. The van der Waals surface area contributed by atoms with E-state index in [2.05, 4.69) is 46.1 Å². The molecule has 1 saturated carbocycles. The minimum Gasteiger partial charge on any atom is -0.496 e. The van der Waals surface area contributed by atoms with Crippen LogP contribution < -0.4 is 4.74 Å². The van der Waals surface area contributed by atoms with E-state index >= 15 is 0 Å². The Bertz CT molecular complexity index is 491. The normalized spacial score (nSPS) is 16.2. The van der Waals surface area contributed by atoms with Crippen molar-refractivity contribution in [2.75, 3.05) is 27.2 Å². The number of hydrogen-bond donors (Lipinski definition) is 0. The maximum atomic E-state index is 9.09. The van der Waals surface area contributed by atoms with Crippen LogP contribution in [0.2, 0.25) is 0 Å². The van der Waals surface area contributed by atoms with Gasteiger partial charge in [0.05, 0.1) is 23.1 Å². The molecule has 1 aliphatic carbocycles. The van der Waals surface area contributed by atoms with Gasteiger partial charge in [0.15, 0.2) is 0 Å². The second kappa shape index (κ2) is 5.94. The van der Waals surface area contributed by atoms with Gasteiger partial charge in [-0.2, -0.15) is 5.26 Å². The zero-order valence-electron chi connectivity index (χ0n) is 11.4. The second-order valence-corrected chi connectivity index (χ2v) is 6.20. The van der Waals surface area contributed by atoms with Gasteiger partial charge in [-0.1, -0.05) is 6.07 Å². The first-order valence-corrected chi connectivity index (χ1v) is 7.30. The number of likely N-dealkylation sites (N-methyl/N-ethyl adjacent to an activating group) is 1. The van der Waals surface area contributed by atoms with Crippen LogP contribution in [0.4, 0.5) is 0 Å². The average Bonchev–Trinajstić information content (AvgIpc) is 3.17. The molecule has 0 aliphatic heterocycles. The van der Waals surface area contributed by atoms with E-state index in [-0.39, 0.29) is 5.41 Å². The number of benzene rings is 1. The molecule has 1 fully saturated rings. The Hall–Kier alpha value is -1.05. The van der Waals surface area contributed by atoms with Crippen LogP contribution in [0.5, 0.6) is 5.75 Å². The lowest BCUT2D eigenvalue weighted by molar-refractivity contribution is 0.297. The molecule has 0 amide bonds. The SMILES string of the molecule is COc1ccc(CCN(C)CC2(C#N)CC2)cc1Br. The highest BCUT2D eigenvalue weighted by Crippen LogP contribution is 2.45. The van der Waals surface area contributed by atoms with E-state index in [4.69, 9.17) is 10.00 Å². The summed E-state index contributed by atoms with van der Waals surface area (Å²) in [5.41, 5.74) is 1.23. The van der Waals surface area contributed by atoms with Gasteiger partial charge in [-0.25, -0.2) is 0 Å². The van der Waals surface area contributed by atoms with Crippen LogP contribution in [-0.2, 0) is 6.42 Å². The minimum atomic E-state index is -0.0464. The number of ether oxygens (including phenoxy) is 1. The Morgan fingerprint density at radius 1 is 1.47 bits per heavy atom. The fraction of sp³-hybridized carbons (Fsp3) is 0.533. The minimum absolute atomic E-state index is 0.0464. The third-order valence-corrected chi connectivity index (χ3v) is 4.28. The molecule has 1 aromatic rings. The fourth-order valence-electron chi connectivity index (χ4n) is 2.24. The predicted octanol–water partition coefficient (Wildman–Crippen LogP) is 3.24. The van der Waals surface area contributed by atoms with Crippen LogP contribution >= 0.6 is 15.9 Å². The standard InChI is InChI=1S/C15H19BrN2O/c1-18(11-15(10-17)6-7-15)8-5-12-3-4-14(19-2)13(16)9-12/h3-4,9H,5-8,11H2,1-2H3. The molecule has 102 valence electrons. The van der Waals surface area contributed by atoms with Crippen LogP contribution in [0, 0.1) is 16.7 Å². The molecule has 3 nitrogen and oxygen atoms in total. The van der Waals surface area contributed by atoms with Gasteiger partial charge in [0.2, 0.25) is 0 Å².